The molecule has 0 radical (unpaired) electrons. The van der Waals surface area contributed by atoms with Crippen LogP contribution in [0.25, 0.3) is 0 Å². The van der Waals surface area contributed by atoms with Crippen LogP contribution >= 0.6 is 0 Å². The predicted octanol–water partition coefficient (Wildman–Crippen LogP) is 4.26. The van der Waals surface area contributed by atoms with Crippen molar-refractivity contribution in [3.05, 3.63) is 71.8 Å². The number of ether oxygens (including phenoxy) is 2. The van der Waals surface area contributed by atoms with Gasteiger partial charge in [-0.25, -0.2) is 9.59 Å². The molecule has 2 aromatic rings. The fourth-order valence-corrected chi connectivity index (χ4v) is 2.48. The van der Waals surface area contributed by atoms with Gasteiger partial charge in [-0.15, -0.1) is 0 Å². The topological polar surface area (TPSA) is 52.6 Å². The summed E-state index contributed by atoms with van der Waals surface area (Å²) < 4.78 is 11.0. The van der Waals surface area contributed by atoms with E-state index < -0.39 is 5.60 Å². The summed E-state index contributed by atoms with van der Waals surface area (Å²) in [5, 5.41) is 0. The van der Waals surface area contributed by atoms with Crippen LogP contribution in [0.5, 0.6) is 0 Å². The van der Waals surface area contributed by atoms with Gasteiger partial charge in [0.2, 0.25) is 0 Å². The number of carbonyl (C=O) groups excluding carboxylic acids is 2. The van der Waals surface area contributed by atoms with Crippen LogP contribution in [0.4, 0.5) is 0 Å². The number of hydrogen-bond acceptors (Lipinski definition) is 4. The van der Waals surface area contributed by atoms with Gasteiger partial charge in [0.05, 0.1) is 11.1 Å². The second-order valence-electron chi connectivity index (χ2n) is 6.30. The molecule has 0 aliphatic rings. The zero-order chi connectivity index (χ0) is 17.6. The molecule has 0 saturated heterocycles. The Kier molecular flexibility index (Phi) is 5.74. The fraction of sp³-hybridized carbons (Fsp3) is 0.300. The van der Waals surface area contributed by atoms with Crippen molar-refractivity contribution in [3.63, 3.8) is 0 Å². The predicted molar refractivity (Wildman–Crippen MR) is 91.9 cm³/mol. The maximum absolute atomic E-state index is 12.2. The smallest absolute Gasteiger partial charge is 0.338 e. The van der Waals surface area contributed by atoms with Crippen molar-refractivity contribution in [1.82, 2.24) is 0 Å². The van der Waals surface area contributed by atoms with Gasteiger partial charge < -0.3 is 9.47 Å². The van der Waals surface area contributed by atoms with Gasteiger partial charge in [0, 0.05) is 6.42 Å². The Bertz CT molecular complexity index is 677. The molecule has 0 fully saturated rings. The lowest BCUT2D eigenvalue weighted by Crippen LogP contribution is -2.33. The first-order chi connectivity index (χ1) is 11.4. The lowest BCUT2D eigenvalue weighted by Gasteiger charge is -2.28. The molecule has 0 aromatic heterocycles. The minimum atomic E-state index is -0.747. The Morgan fingerprint density at radius 3 is 1.83 bits per heavy atom. The van der Waals surface area contributed by atoms with Crippen LogP contribution in [0.3, 0.4) is 0 Å². The highest BCUT2D eigenvalue weighted by Crippen LogP contribution is 2.21. The van der Waals surface area contributed by atoms with Gasteiger partial charge in [-0.3, -0.25) is 0 Å². The van der Waals surface area contributed by atoms with Crippen LogP contribution in [-0.4, -0.2) is 23.6 Å². The summed E-state index contributed by atoms with van der Waals surface area (Å²) in [6, 6.07) is 17.6. The van der Waals surface area contributed by atoms with E-state index in [1.165, 1.54) is 0 Å². The number of hydrogen-bond donors (Lipinski definition) is 0. The van der Waals surface area contributed by atoms with E-state index in [0.29, 0.717) is 17.5 Å². The highest BCUT2D eigenvalue weighted by Gasteiger charge is 2.28. The molecule has 2 rings (SSSR count). The van der Waals surface area contributed by atoms with Gasteiger partial charge in [-0.2, -0.15) is 0 Å². The molecule has 0 N–H and O–H groups in total. The third-order valence-corrected chi connectivity index (χ3v) is 3.48. The van der Waals surface area contributed by atoms with Gasteiger partial charge in [-0.05, 0) is 45.0 Å². The van der Waals surface area contributed by atoms with E-state index in [1.54, 1.807) is 69.3 Å². The summed E-state index contributed by atoms with van der Waals surface area (Å²) in [4.78, 5) is 24.2. The average molecular weight is 326 g/mol. The molecule has 0 aliphatic carbocycles. The lowest BCUT2D eigenvalue weighted by atomic mass is 10.0. The molecule has 0 heterocycles. The lowest BCUT2D eigenvalue weighted by molar-refractivity contribution is -0.0282. The molecule has 2 aromatic carbocycles. The van der Waals surface area contributed by atoms with E-state index in [1.807, 2.05) is 12.1 Å². The Morgan fingerprint density at radius 2 is 1.33 bits per heavy atom. The largest absolute Gasteiger partial charge is 0.459 e. The van der Waals surface area contributed by atoms with E-state index in [4.69, 9.17) is 9.47 Å². The van der Waals surface area contributed by atoms with Crippen LogP contribution < -0.4 is 0 Å². The molecule has 0 spiro atoms. The van der Waals surface area contributed by atoms with Crippen LogP contribution in [0.15, 0.2) is 60.7 Å². The van der Waals surface area contributed by atoms with Crippen molar-refractivity contribution in [1.29, 1.82) is 0 Å². The minimum absolute atomic E-state index is 0.378. The van der Waals surface area contributed by atoms with Crippen LogP contribution in [-0.2, 0) is 9.47 Å². The van der Waals surface area contributed by atoms with E-state index >= 15 is 0 Å². The van der Waals surface area contributed by atoms with Crippen LogP contribution in [0.1, 0.15) is 47.9 Å². The molecule has 24 heavy (non-hydrogen) atoms. The first kappa shape index (κ1) is 17.7. The molecule has 0 amide bonds. The van der Waals surface area contributed by atoms with E-state index in [0.717, 1.165) is 0 Å². The van der Waals surface area contributed by atoms with Gasteiger partial charge in [0.25, 0.3) is 0 Å². The Morgan fingerprint density at radius 1 is 0.875 bits per heavy atom. The van der Waals surface area contributed by atoms with Gasteiger partial charge >= 0.3 is 11.9 Å². The van der Waals surface area contributed by atoms with Crippen molar-refractivity contribution in [2.45, 2.75) is 38.9 Å². The number of rotatable bonds is 6. The van der Waals surface area contributed by atoms with Crippen LogP contribution in [0.2, 0.25) is 0 Å². The molecule has 126 valence electrons. The summed E-state index contributed by atoms with van der Waals surface area (Å²) in [5.74, 6) is -0.768. The molecule has 1 unspecified atom stereocenters. The minimum Gasteiger partial charge on any atom is -0.459 e. The Balaban J connectivity index is 1.91. The second kappa shape index (κ2) is 7.77. The van der Waals surface area contributed by atoms with Crippen molar-refractivity contribution in [2.75, 3.05) is 0 Å². The third-order valence-electron chi connectivity index (χ3n) is 3.48. The quantitative estimate of drug-likeness (QED) is 0.744. The number of esters is 2. The Labute approximate surface area is 142 Å². The highest BCUT2D eigenvalue weighted by atomic mass is 16.6. The second-order valence-corrected chi connectivity index (χ2v) is 6.30. The van der Waals surface area contributed by atoms with Crippen molar-refractivity contribution >= 4 is 11.9 Å². The molecular weight excluding hydrogens is 304 g/mol. The standard InChI is InChI=1S/C20H22O4/c1-15(23-18(21)16-10-6-4-7-11-16)14-20(2,3)24-19(22)17-12-8-5-9-13-17/h4-13,15H,14H2,1-3H3. The summed E-state index contributed by atoms with van der Waals surface area (Å²) >= 11 is 0. The Hall–Kier alpha value is -2.62. The SMILES string of the molecule is CC(CC(C)(C)OC(=O)c1ccccc1)OC(=O)c1ccccc1. The first-order valence-electron chi connectivity index (χ1n) is 7.92. The van der Waals surface area contributed by atoms with Crippen molar-refractivity contribution in [2.24, 2.45) is 0 Å². The van der Waals surface area contributed by atoms with Gasteiger partial charge in [0.15, 0.2) is 0 Å². The maximum Gasteiger partial charge on any atom is 0.338 e. The summed E-state index contributed by atoms with van der Waals surface area (Å²) in [6.45, 7) is 5.40. The molecule has 1 atom stereocenters. The zero-order valence-corrected chi connectivity index (χ0v) is 14.2. The molecule has 4 heteroatoms. The molecule has 4 nitrogen and oxygen atoms in total. The molecular formula is C20H22O4. The van der Waals surface area contributed by atoms with E-state index in [-0.39, 0.29) is 18.0 Å². The molecule has 0 saturated carbocycles. The van der Waals surface area contributed by atoms with Gasteiger partial charge in [-0.1, -0.05) is 36.4 Å². The third kappa shape index (κ3) is 5.23. The highest BCUT2D eigenvalue weighted by molar-refractivity contribution is 5.90. The maximum atomic E-state index is 12.2. The monoisotopic (exact) mass is 326 g/mol. The number of carbonyl (C=O) groups is 2. The average Bonchev–Trinajstić information content (AvgIpc) is 2.55. The van der Waals surface area contributed by atoms with Crippen LogP contribution in [0, 0.1) is 0 Å². The zero-order valence-electron chi connectivity index (χ0n) is 14.2. The summed E-state index contributed by atoms with van der Waals surface area (Å²) in [6.07, 6.45) is 0.0284. The number of benzene rings is 2. The normalized spacial score (nSPS) is 12.3. The molecule has 0 bridgehead atoms. The van der Waals surface area contributed by atoms with E-state index in [2.05, 4.69) is 0 Å². The summed E-state index contributed by atoms with van der Waals surface area (Å²) in [5.41, 5.74) is 0.256. The fourth-order valence-electron chi connectivity index (χ4n) is 2.48. The molecule has 0 aliphatic heterocycles. The summed E-state index contributed by atoms with van der Waals surface area (Å²) in [7, 11) is 0. The first-order valence-corrected chi connectivity index (χ1v) is 7.92. The van der Waals surface area contributed by atoms with E-state index in [9.17, 15) is 9.59 Å². The van der Waals surface area contributed by atoms with Crippen molar-refractivity contribution < 1.29 is 19.1 Å². The van der Waals surface area contributed by atoms with Gasteiger partial charge in [0.1, 0.15) is 11.7 Å². The van der Waals surface area contributed by atoms with Crippen molar-refractivity contribution in [3.8, 4) is 0 Å².